The highest BCUT2D eigenvalue weighted by molar-refractivity contribution is 6.31. The zero-order valence-electron chi connectivity index (χ0n) is 13.6. The molecule has 1 aliphatic rings. The van der Waals surface area contributed by atoms with E-state index in [-0.39, 0.29) is 17.3 Å². The van der Waals surface area contributed by atoms with Crippen molar-refractivity contribution in [2.24, 2.45) is 0 Å². The fourth-order valence-corrected chi connectivity index (χ4v) is 3.46. The molecular formula is C19H19NO3. The van der Waals surface area contributed by atoms with Crippen LogP contribution in [-0.4, -0.2) is 21.9 Å². The SMILES string of the molecule is CCC(=O)c1c2c(n(CC)c1CC)C(=O)c1ccccc1C2=O. The van der Waals surface area contributed by atoms with Crippen LogP contribution in [0, 0.1) is 0 Å². The molecule has 4 nitrogen and oxygen atoms in total. The Kier molecular flexibility index (Phi) is 3.76. The molecule has 23 heavy (non-hydrogen) atoms. The van der Waals surface area contributed by atoms with Gasteiger partial charge in [0.05, 0.1) is 11.1 Å². The summed E-state index contributed by atoms with van der Waals surface area (Å²) in [5.74, 6) is -0.457. The van der Waals surface area contributed by atoms with Crippen LogP contribution in [0.2, 0.25) is 0 Å². The minimum atomic E-state index is -0.214. The third-order valence-corrected chi connectivity index (χ3v) is 4.48. The lowest BCUT2D eigenvalue weighted by atomic mass is 9.85. The van der Waals surface area contributed by atoms with E-state index in [1.165, 1.54) is 0 Å². The molecule has 1 aliphatic carbocycles. The number of nitrogens with zero attached hydrogens (tertiary/aromatic N) is 1. The molecule has 0 unspecified atom stereocenters. The molecule has 0 radical (unpaired) electrons. The van der Waals surface area contributed by atoms with Crippen LogP contribution in [0.5, 0.6) is 0 Å². The molecular weight excluding hydrogens is 290 g/mol. The maximum absolute atomic E-state index is 13.0. The van der Waals surface area contributed by atoms with Gasteiger partial charge in [0.15, 0.2) is 11.6 Å². The molecule has 3 rings (SSSR count). The lowest BCUT2D eigenvalue weighted by Gasteiger charge is -2.17. The van der Waals surface area contributed by atoms with Crippen LogP contribution >= 0.6 is 0 Å². The van der Waals surface area contributed by atoms with Crippen LogP contribution < -0.4 is 0 Å². The van der Waals surface area contributed by atoms with Crippen molar-refractivity contribution in [2.75, 3.05) is 0 Å². The van der Waals surface area contributed by atoms with E-state index in [2.05, 4.69) is 0 Å². The van der Waals surface area contributed by atoms with Crippen LogP contribution in [-0.2, 0) is 13.0 Å². The second kappa shape index (κ2) is 5.61. The Hall–Kier alpha value is -2.49. The van der Waals surface area contributed by atoms with Crippen molar-refractivity contribution >= 4 is 17.3 Å². The van der Waals surface area contributed by atoms with Crippen LogP contribution in [0.3, 0.4) is 0 Å². The molecule has 0 spiro atoms. The summed E-state index contributed by atoms with van der Waals surface area (Å²) in [7, 11) is 0. The van der Waals surface area contributed by atoms with Gasteiger partial charge in [-0.2, -0.15) is 0 Å². The largest absolute Gasteiger partial charge is 0.341 e. The molecule has 118 valence electrons. The third kappa shape index (κ3) is 2.01. The lowest BCUT2D eigenvalue weighted by molar-refractivity contribution is 0.0959. The summed E-state index contributed by atoms with van der Waals surface area (Å²) in [4.78, 5) is 38.4. The van der Waals surface area contributed by atoms with E-state index in [0.29, 0.717) is 47.3 Å². The van der Waals surface area contributed by atoms with E-state index in [1.54, 1.807) is 31.2 Å². The van der Waals surface area contributed by atoms with Crippen LogP contribution in [0.4, 0.5) is 0 Å². The summed E-state index contributed by atoms with van der Waals surface area (Å²) in [6.07, 6.45) is 0.926. The summed E-state index contributed by atoms with van der Waals surface area (Å²) in [6.45, 7) is 6.21. The number of carbonyl (C=O) groups excluding carboxylic acids is 3. The zero-order valence-corrected chi connectivity index (χ0v) is 13.6. The molecule has 0 bridgehead atoms. The normalized spacial score (nSPS) is 13.0. The van der Waals surface area contributed by atoms with Crippen molar-refractivity contribution in [1.29, 1.82) is 0 Å². The van der Waals surface area contributed by atoms with Crippen molar-refractivity contribution in [3.8, 4) is 0 Å². The van der Waals surface area contributed by atoms with Crippen molar-refractivity contribution in [3.63, 3.8) is 0 Å². The number of carbonyl (C=O) groups is 3. The van der Waals surface area contributed by atoms with Gasteiger partial charge in [-0.05, 0) is 13.3 Å². The highest BCUT2D eigenvalue weighted by atomic mass is 16.1. The zero-order chi connectivity index (χ0) is 16.7. The molecule has 2 aromatic rings. The standard InChI is InChI=1S/C19H19NO3/c1-4-13-15(14(21)5-2)16-17(20(13)6-3)19(23)12-10-8-7-9-11(12)18(16)22/h7-10H,4-6H2,1-3H3. The average molecular weight is 309 g/mol. The number of rotatable bonds is 4. The van der Waals surface area contributed by atoms with Crippen LogP contribution in [0.1, 0.15) is 75.2 Å². The molecule has 0 N–H and O–H groups in total. The van der Waals surface area contributed by atoms with Gasteiger partial charge in [0.1, 0.15) is 5.69 Å². The Morgan fingerprint density at radius 2 is 1.61 bits per heavy atom. The predicted octanol–water partition coefficient (Wildman–Crippen LogP) is 3.44. The van der Waals surface area contributed by atoms with Gasteiger partial charge in [-0.15, -0.1) is 0 Å². The molecule has 1 aromatic carbocycles. The van der Waals surface area contributed by atoms with E-state index < -0.39 is 0 Å². The van der Waals surface area contributed by atoms with Gasteiger partial charge in [0.2, 0.25) is 5.78 Å². The summed E-state index contributed by atoms with van der Waals surface area (Å²) in [6, 6.07) is 6.84. The highest BCUT2D eigenvalue weighted by Crippen LogP contribution is 2.34. The van der Waals surface area contributed by atoms with E-state index in [9.17, 15) is 14.4 Å². The Balaban J connectivity index is 2.41. The number of aromatic nitrogens is 1. The first kappa shape index (κ1) is 15.4. The van der Waals surface area contributed by atoms with Gasteiger partial charge < -0.3 is 4.57 Å². The number of fused-ring (bicyclic) bond motifs is 2. The topological polar surface area (TPSA) is 56.1 Å². The molecule has 0 saturated carbocycles. The molecule has 1 aromatic heterocycles. The maximum Gasteiger partial charge on any atom is 0.210 e. The van der Waals surface area contributed by atoms with Gasteiger partial charge in [0, 0.05) is 29.8 Å². The molecule has 0 amide bonds. The molecule has 0 fully saturated rings. The summed E-state index contributed by atoms with van der Waals surface area (Å²) in [5, 5.41) is 0. The van der Waals surface area contributed by atoms with Gasteiger partial charge in [-0.1, -0.05) is 38.1 Å². The summed E-state index contributed by atoms with van der Waals surface area (Å²) >= 11 is 0. The number of hydrogen-bond donors (Lipinski definition) is 0. The minimum Gasteiger partial charge on any atom is -0.341 e. The molecule has 1 heterocycles. The Labute approximate surface area is 135 Å². The fraction of sp³-hybridized carbons (Fsp3) is 0.316. The lowest BCUT2D eigenvalue weighted by Crippen LogP contribution is -2.23. The molecule has 0 atom stereocenters. The first-order valence-electron chi connectivity index (χ1n) is 8.03. The minimum absolute atomic E-state index is 0.0779. The van der Waals surface area contributed by atoms with Crippen LogP contribution in [0.25, 0.3) is 0 Å². The van der Waals surface area contributed by atoms with E-state index in [1.807, 2.05) is 18.4 Å². The second-order valence-corrected chi connectivity index (χ2v) is 5.62. The summed E-state index contributed by atoms with van der Waals surface area (Å²) in [5.41, 5.74) is 2.74. The van der Waals surface area contributed by atoms with Gasteiger partial charge >= 0.3 is 0 Å². The molecule has 0 aliphatic heterocycles. The van der Waals surface area contributed by atoms with Gasteiger partial charge in [-0.3, -0.25) is 14.4 Å². The maximum atomic E-state index is 13.0. The number of benzene rings is 1. The molecule has 0 saturated heterocycles. The highest BCUT2D eigenvalue weighted by Gasteiger charge is 2.38. The third-order valence-electron chi connectivity index (χ3n) is 4.48. The quantitative estimate of drug-likeness (QED) is 0.694. The second-order valence-electron chi connectivity index (χ2n) is 5.62. The first-order valence-corrected chi connectivity index (χ1v) is 8.03. The molecule has 4 heteroatoms. The van der Waals surface area contributed by atoms with Crippen molar-refractivity contribution in [2.45, 2.75) is 40.2 Å². The van der Waals surface area contributed by atoms with Gasteiger partial charge in [-0.25, -0.2) is 0 Å². The van der Waals surface area contributed by atoms with Crippen molar-refractivity contribution in [3.05, 3.63) is 57.9 Å². The fourth-order valence-electron chi connectivity index (χ4n) is 3.46. The van der Waals surface area contributed by atoms with E-state index >= 15 is 0 Å². The number of hydrogen-bond acceptors (Lipinski definition) is 3. The summed E-state index contributed by atoms with van der Waals surface area (Å²) < 4.78 is 1.84. The van der Waals surface area contributed by atoms with Crippen molar-refractivity contribution in [1.82, 2.24) is 4.57 Å². The smallest absolute Gasteiger partial charge is 0.210 e. The first-order chi connectivity index (χ1) is 11.1. The number of ketones is 3. The van der Waals surface area contributed by atoms with Crippen LogP contribution in [0.15, 0.2) is 24.3 Å². The van der Waals surface area contributed by atoms with E-state index in [4.69, 9.17) is 0 Å². The average Bonchev–Trinajstić information content (AvgIpc) is 2.93. The Morgan fingerprint density at radius 1 is 1.00 bits per heavy atom. The monoisotopic (exact) mass is 309 g/mol. The predicted molar refractivity (Wildman–Crippen MR) is 87.4 cm³/mol. The Morgan fingerprint density at radius 3 is 2.13 bits per heavy atom. The van der Waals surface area contributed by atoms with E-state index in [0.717, 1.165) is 5.69 Å². The van der Waals surface area contributed by atoms with Gasteiger partial charge in [0.25, 0.3) is 0 Å². The van der Waals surface area contributed by atoms with Crippen molar-refractivity contribution < 1.29 is 14.4 Å². The number of Topliss-reactive ketones (excluding diaryl/α,β-unsaturated/α-hetero) is 1. The Bertz CT molecular complexity index is 843.